The van der Waals surface area contributed by atoms with E-state index in [4.69, 9.17) is 0 Å². The smallest absolute Gasteiger partial charge is 0.257 e. The molecular weight excluding hydrogens is 304 g/mol. The minimum Gasteiger partial charge on any atom is -0.342 e. The van der Waals surface area contributed by atoms with Crippen molar-refractivity contribution in [1.29, 1.82) is 0 Å². The lowest BCUT2D eigenvalue weighted by Gasteiger charge is -2.33. The molecule has 3 heterocycles. The molecule has 0 unspecified atom stereocenters. The molecule has 1 aliphatic carbocycles. The normalized spacial score (nSPS) is 22.2. The summed E-state index contributed by atoms with van der Waals surface area (Å²) in [5, 5.41) is 4.30. The summed E-state index contributed by atoms with van der Waals surface area (Å²) in [4.78, 5) is 29.3. The first-order valence-corrected chi connectivity index (χ1v) is 9.25. The second kappa shape index (κ2) is 6.22. The van der Waals surface area contributed by atoms with Gasteiger partial charge in [0, 0.05) is 45.1 Å². The molecule has 0 aromatic carbocycles. The minimum atomic E-state index is 0.0945. The topological polar surface area (TPSA) is 58.4 Å². The van der Waals surface area contributed by atoms with Crippen molar-refractivity contribution in [3.05, 3.63) is 17.5 Å². The molecule has 2 saturated heterocycles. The molecule has 3 aliphatic rings. The van der Waals surface area contributed by atoms with Gasteiger partial charge in [-0.3, -0.25) is 14.3 Å². The van der Waals surface area contributed by atoms with Gasteiger partial charge in [-0.2, -0.15) is 5.10 Å². The van der Waals surface area contributed by atoms with Crippen LogP contribution in [0.2, 0.25) is 0 Å². The van der Waals surface area contributed by atoms with E-state index in [1.54, 1.807) is 6.20 Å². The quantitative estimate of drug-likeness (QED) is 0.849. The summed E-state index contributed by atoms with van der Waals surface area (Å²) < 4.78 is 1.86. The number of likely N-dealkylation sites (tertiary alicyclic amines) is 2. The Morgan fingerprint density at radius 3 is 2.29 bits per heavy atom. The van der Waals surface area contributed by atoms with Crippen molar-refractivity contribution in [2.45, 2.75) is 44.4 Å². The highest BCUT2D eigenvalue weighted by Gasteiger charge is 2.35. The highest BCUT2D eigenvalue weighted by atomic mass is 16.2. The summed E-state index contributed by atoms with van der Waals surface area (Å²) in [6.07, 6.45) is 7.89. The van der Waals surface area contributed by atoms with E-state index in [2.05, 4.69) is 5.10 Å². The van der Waals surface area contributed by atoms with Crippen molar-refractivity contribution < 1.29 is 9.59 Å². The summed E-state index contributed by atoms with van der Waals surface area (Å²) in [6.45, 7) is 3.20. The van der Waals surface area contributed by atoms with Crippen molar-refractivity contribution in [3.8, 4) is 0 Å². The van der Waals surface area contributed by atoms with Gasteiger partial charge in [0.1, 0.15) is 0 Å². The molecule has 6 nitrogen and oxygen atoms in total. The van der Waals surface area contributed by atoms with Crippen molar-refractivity contribution in [2.75, 3.05) is 26.2 Å². The highest BCUT2D eigenvalue weighted by Crippen LogP contribution is 2.41. The Balaban J connectivity index is 1.39. The van der Waals surface area contributed by atoms with Crippen molar-refractivity contribution in [3.63, 3.8) is 0 Å². The molecule has 6 heteroatoms. The molecule has 0 spiro atoms. The SMILES string of the molecule is Cn1ncc(C(=O)N2CCC(C(=O)N3CCCC3)CC2)c1C1CC1. The lowest BCUT2D eigenvalue weighted by atomic mass is 9.94. The number of aromatic nitrogens is 2. The number of carbonyl (C=O) groups is 2. The third-order valence-electron chi connectivity index (χ3n) is 5.73. The van der Waals surface area contributed by atoms with E-state index in [-0.39, 0.29) is 11.8 Å². The Kier molecular flexibility index (Phi) is 4.06. The number of nitrogens with zero attached hydrogens (tertiary/aromatic N) is 4. The molecule has 4 rings (SSSR count). The van der Waals surface area contributed by atoms with E-state index in [1.165, 1.54) is 0 Å². The van der Waals surface area contributed by atoms with Crippen molar-refractivity contribution in [1.82, 2.24) is 19.6 Å². The van der Waals surface area contributed by atoms with Gasteiger partial charge in [-0.25, -0.2) is 0 Å². The van der Waals surface area contributed by atoms with Gasteiger partial charge >= 0.3 is 0 Å². The van der Waals surface area contributed by atoms with Crippen LogP contribution < -0.4 is 0 Å². The van der Waals surface area contributed by atoms with E-state index in [0.29, 0.717) is 24.9 Å². The largest absolute Gasteiger partial charge is 0.342 e. The molecule has 0 N–H and O–H groups in total. The van der Waals surface area contributed by atoms with E-state index in [1.807, 2.05) is 21.5 Å². The van der Waals surface area contributed by atoms with Crippen LogP contribution in [0, 0.1) is 5.92 Å². The third-order valence-corrected chi connectivity index (χ3v) is 5.73. The maximum Gasteiger partial charge on any atom is 0.257 e. The summed E-state index contributed by atoms with van der Waals surface area (Å²) in [6, 6.07) is 0. The Bertz CT molecular complexity index is 635. The molecule has 24 heavy (non-hydrogen) atoms. The molecule has 0 bridgehead atoms. The van der Waals surface area contributed by atoms with Crippen LogP contribution in [0.15, 0.2) is 6.20 Å². The first-order chi connectivity index (χ1) is 11.6. The molecule has 1 aromatic rings. The van der Waals surface area contributed by atoms with Gasteiger partial charge in [-0.15, -0.1) is 0 Å². The number of hydrogen-bond donors (Lipinski definition) is 0. The van der Waals surface area contributed by atoms with Crippen LogP contribution in [0.5, 0.6) is 0 Å². The molecule has 130 valence electrons. The fourth-order valence-corrected chi connectivity index (χ4v) is 4.15. The number of piperidine rings is 1. The van der Waals surface area contributed by atoms with Crippen LogP contribution in [0.4, 0.5) is 0 Å². The third kappa shape index (κ3) is 2.82. The van der Waals surface area contributed by atoms with E-state index < -0.39 is 0 Å². The molecule has 2 aliphatic heterocycles. The van der Waals surface area contributed by atoms with Crippen molar-refractivity contribution >= 4 is 11.8 Å². The Morgan fingerprint density at radius 1 is 1.00 bits per heavy atom. The number of carbonyl (C=O) groups excluding carboxylic acids is 2. The standard InChI is InChI=1S/C18H26N4O2/c1-20-16(13-4-5-13)15(12-19-20)18(24)22-10-6-14(7-11-22)17(23)21-8-2-3-9-21/h12-14H,2-11H2,1H3. The van der Waals surface area contributed by atoms with Gasteiger partial charge in [0.2, 0.25) is 5.91 Å². The van der Waals surface area contributed by atoms with Gasteiger partial charge in [0.05, 0.1) is 17.5 Å². The molecule has 0 atom stereocenters. The van der Waals surface area contributed by atoms with Crippen LogP contribution in [-0.4, -0.2) is 57.6 Å². The fourth-order valence-electron chi connectivity index (χ4n) is 4.15. The van der Waals surface area contributed by atoms with Crippen LogP contribution in [0.25, 0.3) is 0 Å². The minimum absolute atomic E-state index is 0.0945. The predicted molar refractivity (Wildman–Crippen MR) is 89.6 cm³/mol. The average molecular weight is 330 g/mol. The van der Waals surface area contributed by atoms with Gasteiger partial charge in [-0.05, 0) is 38.5 Å². The Morgan fingerprint density at radius 2 is 1.67 bits per heavy atom. The molecular formula is C18H26N4O2. The first-order valence-electron chi connectivity index (χ1n) is 9.25. The van der Waals surface area contributed by atoms with Crippen LogP contribution in [-0.2, 0) is 11.8 Å². The number of amides is 2. The average Bonchev–Trinajstić information content (AvgIpc) is 3.14. The van der Waals surface area contributed by atoms with Crippen LogP contribution in [0.1, 0.15) is 60.5 Å². The zero-order valence-electron chi connectivity index (χ0n) is 14.4. The Labute approximate surface area is 142 Å². The predicted octanol–water partition coefficient (Wildman–Crippen LogP) is 1.77. The summed E-state index contributed by atoms with van der Waals surface area (Å²) >= 11 is 0. The van der Waals surface area contributed by atoms with Crippen molar-refractivity contribution in [2.24, 2.45) is 13.0 Å². The second-order valence-corrected chi connectivity index (χ2v) is 7.44. The monoisotopic (exact) mass is 330 g/mol. The molecule has 1 aromatic heterocycles. The number of rotatable bonds is 3. The fraction of sp³-hybridized carbons (Fsp3) is 0.722. The number of aryl methyl sites for hydroxylation is 1. The molecule has 3 fully saturated rings. The zero-order valence-corrected chi connectivity index (χ0v) is 14.4. The first kappa shape index (κ1) is 15.7. The maximum atomic E-state index is 12.9. The van der Waals surface area contributed by atoms with E-state index in [9.17, 15) is 9.59 Å². The van der Waals surface area contributed by atoms with Gasteiger partial charge in [0.15, 0.2) is 0 Å². The summed E-state index contributed by atoms with van der Waals surface area (Å²) in [5.41, 5.74) is 1.86. The molecule has 1 saturated carbocycles. The maximum absolute atomic E-state index is 12.9. The van der Waals surface area contributed by atoms with E-state index >= 15 is 0 Å². The Hall–Kier alpha value is -1.85. The van der Waals surface area contributed by atoms with E-state index in [0.717, 1.165) is 62.9 Å². The number of hydrogen-bond acceptors (Lipinski definition) is 3. The van der Waals surface area contributed by atoms with Crippen LogP contribution in [0.3, 0.4) is 0 Å². The van der Waals surface area contributed by atoms with Gasteiger partial charge in [0.25, 0.3) is 5.91 Å². The summed E-state index contributed by atoms with van der Waals surface area (Å²) in [5.74, 6) is 1.01. The zero-order chi connectivity index (χ0) is 16.7. The molecule has 2 amide bonds. The molecule has 0 radical (unpaired) electrons. The summed E-state index contributed by atoms with van der Waals surface area (Å²) in [7, 11) is 1.92. The van der Waals surface area contributed by atoms with Gasteiger partial charge < -0.3 is 9.80 Å². The highest BCUT2D eigenvalue weighted by molar-refractivity contribution is 5.95. The lowest BCUT2D eigenvalue weighted by molar-refractivity contribution is -0.135. The van der Waals surface area contributed by atoms with Crippen LogP contribution >= 0.6 is 0 Å². The second-order valence-electron chi connectivity index (χ2n) is 7.44. The van der Waals surface area contributed by atoms with Gasteiger partial charge in [-0.1, -0.05) is 0 Å². The lowest BCUT2D eigenvalue weighted by Crippen LogP contribution is -2.43.